The number of hydrogen-bond donors (Lipinski definition) is 1. The van der Waals surface area contributed by atoms with Gasteiger partial charge in [0.1, 0.15) is 10.6 Å². The van der Waals surface area contributed by atoms with Crippen LogP contribution in [0.4, 0.5) is 5.69 Å². The summed E-state index contributed by atoms with van der Waals surface area (Å²) < 4.78 is 32.9. The van der Waals surface area contributed by atoms with Crippen LogP contribution >= 0.6 is 23.2 Å². The molecule has 0 radical (unpaired) electrons. The van der Waals surface area contributed by atoms with Crippen LogP contribution < -0.4 is 10.1 Å². The van der Waals surface area contributed by atoms with Gasteiger partial charge in [0.2, 0.25) is 15.9 Å². The second-order valence-corrected chi connectivity index (χ2v) is 10.3. The molecule has 3 rings (SSSR count). The van der Waals surface area contributed by atoms with Gasteiger partial charge in [-0.15, -0.1) is 0 Å². The summed E-state index contributed by atoms with van der Waals surface area (Å²) in [4.78, 5) is 12.7. The Morgan fingerprint density at radius 3 is 2.52 bits per heavy atom. The number of benzene rings is 2. The SMILES string of the molecule is CCCOc1ccc(NC(=O)C2CCN(S(=O)(=O)c3cc(Cl)ccc3Cl)CC2)c(C)c1. The van der Waals surface area contributed by atoms with E-state index in [0.29, 0.717) is 24.5 Å². The minimum atomic E-state index is -3.77. The number of amides is 1. The van der Waals surface area contributed by atoms with Crippen LogP contribution in [0.3, 0.4) is 0 Å². The molecule has 0 atom stereocenters. The standard InChI is InChI=1S/C22H26Cl2N2O4S/c1-3-12-30-18-5-7-20(15(2)13-18)25-22(27)16-8-10-26(11-9-16)31(28,29)21-14-17(23)4-6-19(21)24/h4-7,13-14,16H,3,8-12H2,1-2H3,(H,25,27). The molecule has 1 fully saturated rings. The van der Waals surface area contributed by atoms with Crippen LogP contribution in [0, 0.1) is 12.8 Å². The summed E-state index contributed by atoms with van der Waals surface area (Å²) in [5.41, 5.74) is 1.65. The van der Waals surface area contributed by atoms with Gasteiger partial charge in [0.25, 0.3) is 0 Å². The molecular weight excluding hydrogens is 459 g/mol. The number of hydrogen-bond acceptors (Lipinski definition) is 4. The highest BCUT2D eigenvalue weighted by atomic mass is 35.5. The summed E-state index contributed by atoms with van der Waals surface area (Å²) in [5, 5.41) is 3.40. The van der Waals surface area contributed by atoms with Crippen molar-refractivity contribution in [2.45, 2.75) is 38.0 Å². The first-order valence-electron chi connectivity index (χ1n) is 10.2. The Labute approximate surface area is 193 Å². The Kier molecular flexibility index (Phi) is 7.86. The van der Waals surface area contributed by atoms with E-state index in [4.69, 9.17) is 27.9 Å². The molecule has 2 aromatic rings. The number of halogens is 2. The molecular formula is C22H26Cl2N2O4S. The summed E-state index contributed by atoms with van der Waals surface area (Å²) >= 11 is 12.0. The first kappa shape index (κ1) is 23.9. The zero-order chi connectivity index (χ0) is 22.6. The summed E-state index contributed by atoms with van der Waals surface area (Å²) in [5.74, 6) is 0.399. The van der Waals surface area contributed by atoms with Crippen molar-refractivity contribution >= 4 is 44.8 Å². The largest absolute Gasteiger partial charge is 0.494 e. The van der Waals surface area contributed by atoms with Gasteiger partial charge in [0, 0.05) is 29.7 Å². The lowest BCUT2D eigenvalue weighted by atomic mass is 9.97. The molecule has 0 aromatic heterocycles. The van der Waals surface area contributed by atoms with E-state index in [-0.39, 0.29) is 34.8 Å². The lowest BCUT2D eigenvalue weighted by Crippen LogP contribution is -2.41. The summed E-state index contributed by atoms with van der Waals surface area (Å²) in [7, 11) is -3.77. The number of nitrogens with one attached hydrogen (secondary N) is 1. The summed E-state index contributed by atoms with van der Waals surface area (Å²) in [6.45, 7) is 5.09. The van der Waals surface area contributed by atoms with Crippen molar-refractivity contribution in [1.82, 2.24) is 4.31 Å². The number of rotatable bonds is 7. The maximum absolute atomic E-state index is 12.9. The smallest absolute Gasteiger partial charge is 0.244 e. The zero-order valence-corrected chi connectivity index (χ0v) is 19.9. The monoisotopic (exact) mass is 484 g/mol. The van der Waals surface area contributed by atoms with Gasteiger partial charge in [-0.3, -0.25) is 4.79 Å². The number of nitrogens with zero attached hydrogens (tertiary/aromatic N) is 1. The van der Waals surface area contributed by atoms with E-state index in [0.717, 1.165) is 23.4 Å². The summed E-state index contributed by atoms with van der Waals surface area (Å²) in [6, 6.07) is 9.94. The van der Waals surface area contributed by atoms with Gasteiger partial charge in [0.05, 0.1) is 11.6 Å². The van der Waals surface area contributed by atoms with E-state index in [1.54, 1.807) is 6.07 Å². The van der Waals surface area contributed by atoms with Crippen molar-refractivity contribution in [2.24, 2.45) is 5.92 Å². The fourth-order valence-electron chi connectivity index (χ4n) is 3.49. The van der Waals surface area contributed by atoms with Crippen molar-refractivity contribution in [3.63, 3.8) is 0 Å². The molecule has 0 aliphatic carbocycles. The predicted molar refractivity (Wildman–Crippen MR) is 124 cm³/mol. The molecule has 0 unspecified atom stereocenters. The second kappa shape index (κ2) is 10.2. The number of carbonyl (C=O) groups is 1. The lowest BCUT2D eigenvalue weighted by Gasteiger charge is -2.31. The van der Waals surface area contributed by atoms with Gasteiger partial charge in [-0.05, 0) is 68.1 Å². The third kappa shape index (κ3) is 5.71. The average Bonchev–Trinajstić information content (AvgIpc) is 2.75. The first-order chi connectivity index (χ1) is 14.7. The molecule has 1 aliphatic heterocycles. The first-order valence-corrected chi connectivity index (χ1v) is 12.4. The zero-order valence-electron chi connectivity index (χ0n) is 17.5. The maximum Gasteiger partial charge on any atom is 0.244 e. The van der Waals surface area contributed by atoms with Crippen LogP contribution in [0.25, 0.3) is 0 Å². The van der Waals surface area contributed by atoms with Crippen molar-refractivity contribution in [2.75, 3.05) is 25.0 Å². The lowest BCUT2D eigenvalue weighted by molar-refractivity contribution is -0.120. The van der Waals surface area contributed by atoms with E-state index in [1.165, 1.54) is 16.4 Å². The number of sulfonamides is 1. The number of ether oxygens (including phenoxy) is 1. The molecule has 1 N–H and O–H groups in total. The number of carbonyl (C=O) groups excluding carboxylic acids is 1. The van der Waals surface area contributed by atoms with E-state index < -0.39 is 10.0 Å². The van der Waals surface area contributed by atoms with E-state index >= 15 is 0 Å². The molecule has 9 heteroatoms. The Morgan fingerprint density at radius 2 is 1.87 bits per heavy atom. The molecule has 1 heterocycles. The highest BCUT2D eigenvalue weighted by molar-refractivity contribution is 7.89. The highest BCUT2D eigenvalue weighted by Crippen LogP contribution is 2.31. The quantitative estimate of drug-likeness (QED) is 0.590. The summed E-state index contributed by atoms with van der Waals surface area (Å²) in [6.07, 6.45) is 1.79. The molecule has 0 saturated carbocycles. The van der Waals surface area contributed by atoms with E-state index in [1.807, 2.05) is 32.0 Å². The fraction of sp³-hybridized carbons (Fsp3) is 0.409. The number of anilines is 1. The highest BCUT2D eigenvalue weighted by Gasteiger charge is 2.33. The second-order valence-electron chi connectivity index (χ2n) is 7.57. The molecule has 0 bridgehead atoms. The maximum atomic E-state index is 12.9. The third-order valence-corrected chi connectivity index (χ3v) is 7.88. The molecule has 0 spiro atoms. The molecule has 6 nitrogen and oxygen atoms in total. The molecule has 168 valence electrons. The van der Waals surface area contributed by atoms with Crippen molar-refractivity contribution < 1.29 is 17.9 Å². The Hall–Kier alpha value is -1.80. The Bertz CT molecular complexity index is 1050. The van der Waals surface area contributed by atoms with Crippen LogP contribution in [0.5, 0.6) is 5.75 Å². The third-order valence-electron chi connectivity index (χ3n) is 5.26. The molecule has 2 aromatic carbocycles. The normalized spacial score (nSPS) is 15.6. The van der Waals surface area contributed by atoms with Crippen molar-refractivity contribution in [3.05, 3.63) is 52.0 Å². The molecule has 1 amide bonds. The van der Waals surface area contributed by atoms with Crippen LogP contribution in [-0.2, 0) is 14.8 Å². The van der Waals surface area contributed by atoms with Crippen molar-refractivity contribution in [1.29, 1.82) is 0 Å². The van der Waals surface area contributed by atoms with Crippen molar-refractivity contribution in [3.8, 4) is 5.75 Å². The van der Waals surface area contributed by atoms with Gasteiger partial charge in [0.15, 0.2) is 0 Å². The van der Waals surface area contributed by atoms with Gasteiger partial charge in [-0.1, -0.05) is 30.1 Å². The van der Waals surface area contributed by atoms with Crippen LogP contribution in [-0.4, -0.2) is 38.3 Å². The Balaban J connectivity index is 1.62. The minimum Gasteiger partial charge on any atom is -0.494 e. The van der Waals surface area contributed by atoms with Crippen LogP contribution in [0.1, 0.15) is 31.7 Å². The van der Waals surface area contributed by atoms with Gasteiger partial charge in [-0.2, -0.15) is 4.31 Å². The van der Waals surface area contributed by atoms with E-state index in [9.17, 15) is 13.2 Å². The topological polar surface area (TPSA) is 75.7 Å². The van der Waals surface area contributed by atoms with Gasteiger partial charge >= 0.3 is 0 Å². The average molecular weight is 485 g/mol. The number of piperidine rings is 1. The van der Waals surface area contributed by atoms with Gasteiger partial charge < -0.3 is 10.1 Å². The van der Waals surface area contributed by atoms with Crippen LogP contribution in [0.2, 0.25) is 10.0 Å². The minimum absolute atomic E-state index is 0.00873. The predicted octanol–water partition coefficient (Wildman–Crippen LogP) is 5.13. The molecule has 1 saturated heterocycles. The van der Waals surface area contributed by atoms with Gasteiger partial charge in [-0.25, -0.2) is 8.42 Å². The molecule has 1 aliphatic rings. The van der Waals surface area contributed by atoms with Crippen LogP contribution in [0.15, 0.2) is 41.3 Å². The number of aryl methyl sites for hydroxylation is 1. The molecule has 31 heavy (non-hydrogen) atoms. The Morgan fingerprint density at radius 1 is 1.16 bits per heavy atom. The van der Waals surface area contributed by atoms with E-state index in [2.05, 4.69) is 5.32 Å². The fourth-order valence-corrected chi connectivity index (χ4v) is 5.70.